The number of rotatable bonds is 10. The molecule has 0 bridgehead atoms. The lowest BCUT2D eigenvalue weighted by Crippen LogP contribution is -2.24. The Morgan fingerprint density at radius 2 is 1.40 bits per heavy atom. The summed E-state index contributed by atoms with van der Waals surface area (Å²) < 4.78 is 21.1. The highest BCUT2D eigenvalue weighted by atomic mass is 16.5. The molecule has 6 aromatic rings. The van der Waals surface area contributed by atoms with Crippen molar-refractivity contribution in [3.63, 3.8) is 0 Å². The van der Waals surface area contributed by atoms with E-state index in [-0.39, 0.29) is 19.8 Å². The van der Waals surface area contributed by atoms with Crippen LogP contribution in [0.25, 0.3) is 33.0 Å². The van der Waals surface area contributed by atoms with Gasteiger partial charge in [-0.15, -0.1) is 0 Å². The van der Waals surface area contributed by atoms with Gasteiger partial charge in [-0.2, -0.15) is 0 Å². The Hall–Kier alpha value is -4.67. The third kappa shape index (κ3) is 5.27. The van der Waals surface area contributed by atoms with Crippen LogP contribution in [0.1, 0.15) is 5.56 Å². The first-order chi connectivity index (χ1) is 19.4. The molecule has 6 rings (SSSR count). The van der Waals surface area contributed by atoms with Crippen LogP contribution in [0.5, 0.6) is 11.5 Å². The van der Waals surface area contributed by atoms with Crippen molar-refractivity contribution in [2.24, 2.45) is 0 Å². The Labute approximate surface area is 228 Å². The van der Waals surface area contributed by atoms with Gasteiger partial charge < -0.3 is 33.2 Å². The fourth-order valence-corrected chi connectivity index (χ4v) is 4.87. The van der Waals surface area contributed by atoms with Crippen molar-refractivity contribution >= 4 is 33.0 Å². The molecule has 0 aliphatic carbocycles. The van der Waals surface area contributed by atoms with E-state index in [1.165, 1.54) is 6.07 Å². The van der Waals surface area contributed by atoms with Gasteiger partial charge in [0, 0.05) is 18.2 Å². The second-order valence-electron chi connectivity index (χ2n) is 9.74. The Morgan fingerprint density at radius 1 is 0.825 bits per heavy atom. The second-order valence-corrected chi connectivity index (χ2v) is 9.74. The van der Waals surface area contributed by atoms with Gasteiger partial charge in [-0.25, -0.2) is 14.8 Å². The van der Waals surface area contributed by atoms with E-state index >= 15 is 0 Å². The first-order valence-electron chi connectivity index (χ1n) is 12.9. The van der Waals surface area contributed by atoms with Crippen LogP contribution in [0.2, 0.25) is 0 Å². The van der Waals surface area contributed by atoms with Gasteiger partial charge in [0.25, 0.3) is 0 Å². The van der Waals surface area contributed by atoms with Gasteiger partial charge in [-0.1, -0.05) is 24.3 Å². The molecule has 0 aliphatic rings. The van der Waals surface area contributed by atoms with Gasteiger partial charge in [-0.05, 0) is 36.8 Å². The number of hydrogen-bond acceptors (Lipinski definition) is 8. The Bertz CT molecular complexity index is 1860. The number of para-hydroxylation sites is 4. The number of nitrogens with zero attached hydrogens (tertiary/aromatic N) is 4. The third-order valence-corrected chi connectivity index (χ3v) is 6.72. The molecule has 0 radical (unpaired) electrons. The standard InChI is InChI=1S/C30H28N4O6/c1-19-10-29(37)40-28-12-22(38-15-20(35)13-33-17-31-23-6-2-4-8-25(23)33)11-27(30(19)28)39-16-21(36)14-34-18-32-24-7-3-5-9-26(24)34/h2-12,17-18,20-21,35-36H,13-16H2,1H3. The van der Waals surface area contributed by atoms with E-state index in [4.69, 9.17) is 13.9 Å². The zero-order chi connectivity index (χ0) is 27.6. The molecule has 0 aliphatic heterocycles. The van der Waals surface area contributed by atoms with E-state index in [0.29, 0.717) is 34.6 Å². The van der Waals surface area contributed by atoms with Crippen LogP contribution in [-0.4, -0.2) is 54.7 Å². The van der Waals surface area contributed by atoms with Crippen molar-refractivity contribution in [3.05, 3.63) is 95.4 Å². The fourth-order valence-electron chi connectivity index (χ4n) is 4.87. The molecule has 2 N–H and O–H groups in total. The predicted octanol–water partition coefficient (Wildman–Crippen LogP) is 3.68. The molecule has 0 amide bonds. The minimum absolute atomic E-state index is 0.0101. The van der Waals surface area contributed by atoms with Crippen LogP contribution in [0.3, 0.4) is 0 Å². The molecule has 0 saturated heterocycles. The molecule has 204 valence electrons. The molecule has 10 nitrogen and oxygen atoms in total. The largest absolute Gasteiger partial charge is 0.491 e. The molecule has 40 heavy (non-hydrogen) atoms. The van der Waals surface area contributed by atoms with E-state index in [1.807, 2.05) is 57.7 Å². The lowest BCUT2D eigenvalue weighted by molar-refractivity contribution is 0.0904. The number of imidazole rings is 2. The summed E-state index contributed by atoms with van der Waals surface area (Å²) in [5.41, 5.74) is 4.01. The predicted molar refractivity (Wildman–Crippen MR) is 150 cm³/mol. The summed E-state index contributed by atoms with van der Waals surface area (Å²) in [5.74, 6) is 0.763. The van der Waals surface area contributed by atoms with Crippen molar-refractivity contribution in [2.75, 3.05) is 13.2 Å². The molecular weight excluding hydrogens is 512 g/mol. The van der Waals surface area contributed by atoms with Crippen LogP contribution in [0.4, 0.5) is 0 Å². The molecule has 0 saturated carbocycles. The smallest absolute Gasteiger partial charge is 0.336 e. The maximum absolute atomic E-state index is 12.1. The first-order valence-corrected chi connectivity index (χ1v) is 12.9. The zero-order valence-corrected chi connectivity index (χ0v) is 21.8. The van der Waals surface area contributed by atoms with Gasteiger partial charge in [0.2, 0.25) is 0 Å². The van der Waals surface area contributed by atoms with Crippen LogP contribution >= 0.6 is 0 Å². The summed E-state index contributed by atoms with van der Waals surface area (Å²) in [4.78, 5) is 20.8. The van der Waals surface area contributed by atoms with Crippen molar-refractivity contribution < 1.29 is 24.1 Å². The summed E-state index contributed by atoms with van der Waals surface area (Å²) >= 11 is 0. The van der Waals surface area contributed by atoms with Crippen molar-refractivity contribution in [2.45, 2.75) is 32.2 Å². The summed E-state index contributed by atoms with van der Waals surface area (Å²) in [5, 5.41) is 22.0. The normalized spacial score (nSPS) is 13.2. The molecule has 0 fully saturated rings. The van der Waals surface area contributed by atoms with Gasteiger partial charge in [0.15, 0.2) is 0 Å². The topological polar surface area (TPSA) is 125 Å². The molecular formula is C30H28N4O6. The van der Waals surface area contributed by atoms with Crippen LogP contribution < -0.4 is 15.1 Å². The lowest BCUT2D eigenvalue weighted by atomic mass is 10.1. The highest BCUT2D eigenvalue weighted by molar-refractivity contribution is 5.88. The number of aliphatic hydroxyl groups excluding tert-OH is 2. The summed E-state index contributed by atoms with van der Waals surface area (Å²) in [6, 6.07) is 20.1. The lowest BCUT2D eigenvalue weighted by Gasteiger charge is -2.17. The van der Waals surface area contributed by atoms with E-state index < -0.39 is 17.8 Å². The summed E-state index contributed by atoms with van der Waals surface area (Å²) in [6.07, 6.45) is 1.72. The van der Waals surface area contributed by atoms with Gasteiger partial charge in [0.05, 0.1) is 53.2 Å². The van der Waals surface area contributed by atoms with E-state index in [1.54, 1.807) is 31.7 Å². The van der Waals surface area contributed by atoms with Gasteiger partial charge in [-0.3, -0.25) is 0 Å². The number of fused-ring (bicyclic) bond motifs is 3. The molecule has 3 heterocycles. The number of aryl methyl sites for hydroxylation is 1. The molecule has 3 aromatic carbocycles. The molecule has 2 atom stereocenters. The Morgan fingerprint density at radius 3 is 2.02 bits per heavy atom. The number of ether oxygens (including phenoxy) is 2. The van der Waals surface area contributed by atoms with Crippen LogP contribution in [-0.2, 0) is 13.1 Å². The Kier molecular flexibility index (Phi) is 6.93. The Balaban J connectivity index is 1.18. The van der Waals surface area contributed by atoms with Crippen LogP contribution in [0.15, 0.2) is 88.6 Å². The second kappa shape index (κ2) is 10.8. The molecule has 3 aromatic heterocycles. The van der Waals surface area contributed by atoms with Crippen LogP contribution in [0, 0.1) is 6.92 Å². The van der Waals surface area contributed by atoms with Crippen molar-refractivity contribution in [1.82, 2.24) is 19.1 Å². The minimum atomic E-state index is -0.833. The minimum Gasteiger partial charge on any atom is -0.491 e. The maximum atomic E-state index is 12.1. The summed E-state index contributed by atoms with van der Waals surface area (Å²) in [6.45, 7) is 2.35. The number of benzene rings is 3. The van der Waals surface area contributed by atoms with E-state index in [2.05, 4.69) is 9.97 Å². The van der Waals surface area contributed by atoms with Gasteiger partial charge >= 0.3 is 5.63 Å². The molecule has 0 spiro atoms. The zero-order valence-electron chi connectivity index (χ0n) is 21.8. The monoisotopic (exact) mass is 540 g/mol. The van der Waals surface area contributed by atoms with E-state index in [0.717, 1.165) is 22.1 Å². The number of aliphatic hydroxyl groups is 2. The highest BCUT2D eigenvalue weighted by Crippen LogP contribution is 2.33. The average Bonchev–Trinajstić information content (AvgIpc) is 3.54. The highest BCUT2D eigenvalue weighted by Gasteiger charge is 2.16. The molecule has 10 heteroatoms. The molecule has 2 unspecified atom stereocenters. The first kappa shape index (κ1) is 25.6. The van der Waals surface area contributed by atoms with E-state index in [9.17, 15) is 15.0 Å². The quantitative estimate of drug-likeness (QED) is 0.252. The van der Waals surface area contributed by atoms with Crippen molar-refractivity contribution in [1.29, 1.82) is 0 Å². The van der Waals surface area contributed by atoms with Gasteiger partial charge in [0.1, 0.15) is 42.5 Å². The maximum Gasteiger partial charge on any atom is 0.336 e. The van der Waals surface area contributed by atoms with Crippen molar-refractivity contribution in [3.8, 4) is 11.5 Å². The SMILES string of the molecule is Cc1cc(=O)oc2cc(OCC(O)Cn3cnc4ccccc43)cc(OCC(O)Cn3cnc4ccccc43)c12. The fraction of sp³-hybridized carbons (Fsp3) is 0.233. The average molecular weight is 541 g/mol. The third-order valence-electron chi connectivity index (χ3n) is 6.72. The summed E-state index contributed by atoms with van der Waals surface area (Å²) in [7, 11) is 0. The number of aromatic nitrogens is 4. The number of hydrogen-bond donors (Lipinski definition) is 2.